The number of aromatic nitrogens is 4. The molecule has 0 aromatic carbocycles. The Kier molecular flexibility index (Phi) is 2.73. The molecule has 3 rings (SSSR count). The van der Waals surface area contributed by atoms with Crippen LogP contribution in [0, 0.1) is 5.41 Å². The Balaban J connectivity index is 2.03. The zero-order valence-electron chi connectivity index (χ0n) is 9.84. The molecule has 0 amide bonds. The van der Waals surface area contributed by atoms with Crippen molar-refractivity contribution in [1.82, 2.24) is 19.3 Å². The molecule has 0 bridgehead atoms. The highest BCUT2D eigenvalue weighted by Crippen LogP contribution is 2.29. The summed E-state index contributed by atoms with van der Waals surface area (Å²) in [7, 11) is 0. The van der Waals surface area contributed by atoms with E-state index < -0.39 is 18.4 Å². The summed E-state index contributed by atoms with van der Waals surface area (Å²) in [5.74, 6) is 0. The quantitative estimate of drug-likeness (QED) is 0.495. The third-order valence-corrected chi connectivity index (χ3v) is 3.20. The predicted octanol–water partition coefficient (Wildman–Crippen LogP) is -1.41. The van der Waals surface area contributed by atoms with Crippen LogP contribution in [0.25, 0.3) is 11.2 Å². The van der Waals surface area contributed by atoms with Crippen LogP contribution in [0.2, 0.25) is 0 Å². The molecule has 3 unspecified atom stereocenters. The third-order valence-electron chi connectivity index (χ3n) is 3.20. The second-order valence-corrected chi connectivity index (χ2v) is 4.38. The minimum atomic E-state index is -0.755. The molecule has 1 aliphatic heterocycles. The maximum absolute atomic E-state index is 9.71. The average molecular weight is 267 g/mol. The molecule has 0 saturated carbocycles. The predicted molar refractivity (Wildman–Crippen MR) is 60.2 cm³/mol. The van der Waals surface area contributed by atoms with E-state index in [-0.39, 0.29) is 17.6 Å². The Morgan fingerprint density at radius 1 is 1.42 bits per heavy atom. The lowest BCUT2D eigenvalue weighted by molar-refractivity contribution is -0.0432. The highest BCUT2D eigenvalue weighted by Gasteiger charge is 2.35. The highest BCUT2D eigenvalue weighted by molar-refractivity contribution is 5.68. The molecule has 2 aromatic heterocycles. The third kappa shape index (κ3) is 1.79. The van der Waals surface area contributed by atoms with E-state index in [9.17, 15) is 10.3 Å². The summed E-state index contributed by atoms with van der Waals surface area (Å²) in [6.45, 7) is -0.266. The number of nitrogens with zero attached hydrogens (tertiary/aromatic N) is 4. The Labute approximate surface area is 106 Å². The number of ether oxygens (including phenoxy) is 1. The van der Waals surface area contributed by atoms with Crippen molar-refractivity contribution >= 4 is 11.2 Å². The molecular formula is C10H13N5O4. The van der Waals surface area contributed by atoms with Gasteiger partial charge in [-0.25, -0.2) is 9.97 Å². The van der Waals surface area contributed by atoms with E-state index in [0.717, 1.165) is 6.33 Å². The number of hydrogen-bond acceptors (Lipinski definition) is 7. The Bertz CT molecular complexity index is 665. The fourth-order valence-electron chi connectivity index (χ4n) is 2.19. The zero-order chi connectivity index (χ0) is 13.6. The molecule has 4 N–H and O–H groups in total. The van der Waals surface area contributed by atoms with Crippen molar-refractivity contribution in [2.45, 2.75) is 24.9 Å². The largest absolute Gasteiger partial charge is 0.425 e. The van der Waals surface area contributed by atoms with Crippen LogP contribution in [0.1, 0.15) is 12.6 Å². The van der Waals surface area contributed by atoms with Gasteiger partial charge in [-0.3, -0.25) is 9.98 Å². The van der Waals surface area contributed by atoms with Gasteiger partial charge in [0.1, 0.15) is 18.7 Å². The van der Waals surface area contributed by atoms with Crippen molar-refractivity contribution in [2.24, 2.45) is 0 Å². The first-order valence-corrected chi connectivity index (χ1v) is 5.74. The molecule has 1 fully saturated rings. The molecule has 0 spiro atoms. The SMILES string of the molecule is N=c1c2ncn(C3CC(O)C(CO)O3)c2ncn1O. The number of aliphatic hydroxyl groups is 2. The first-order valence-electron chi connectivity index (χ1n) is 5.74. The monoisotopic (exact) mass is 267 g/mol. The van der Waals surface area contributed by atoms with Crippen LogP contribution < -0.4 is 5.49 Å². The van der Waals surface area contributed by atoms with Gasteiger partial charge in [-0.1, -0.05) is 0 Å². The van der Waals surface area contributed by atoms with Gasteiger partial charge in [-0.15, -0.1) is 0 Å². The van der Waals surface area contributed by atoms with Crippen molar-refractivity contribution < 1.29 is 20.2 Å². The number of hydrogen-bond donors (Lipinski definition) is 4. The van der Waals surface area contributed by atoms with Gasteiger partial charge in [0.15, 0.2) is 16.7 Å². The smallest absolute Gasteiger partial charge is 0.192 e. The van der Waals surface area contributed by atoms with Crippen molar-refractivity contribution in [3.8, 4) is 0 Å². The molecule has 1 aliphatic rings. The van der Waals surface area contributed by atoms with E-state index in [4.69, 9.17) is 15.3 Å². The van der Waals surface area contributed by atoms with Crippen molar-refractivity contribution in [1.29, 1.82) is 5.41 Å². The maximum Gasteiger partial charge on any atom is 0.192 e. The number of imidazole rings is 1. The molecule has 1 saturated heterocycles. The molecule has 9 nitrogen and oxygen atoms in total. The topological polar surface area (TPSA) is 129 Å². The Morgan fingerprint density at radius 3 is 2.89 bits per heavy atom. The van der Waals surface area contributed by atoms with Crippen LogP contribution >= 0.6 is 0 Å². The number of rotatable bonds is 2. The van der Waals surface area contributed by atoms with Crippen molar-refractivity contribution in [3.63, 3.8) is 0 Å². The molecule has 2 aromatic rings. The number of nitrogens with one attached hydrogen (secondary N) is 1. The summed E-state index contributed by atoms with van der Waals surface area (Å²) in [5.41, 5.74) is 0.433. The van der Waals surface area contributed by atoms with Gasteiger partial charge in [0.25, 0.3) is 0 Å². The molecular weight excluding hydrogens is 254 g/mol. The lowest BCUT2D eigenvalue weighted by atomic mass is 10.2. The molecule has 3 heterocycles. The fourth-order valence-corrected chi connectivity index (χ4v) is 2.19. The zero-order valence-corrected chi connectivity index (χ0v) is 9.84. The van der Waals surface area contributed by atoms with Gasteiger partial charge in [0.05, 0.1) is 19.0 Å². The van der Waals surface area contributed by atoms with Crippen LogP contribution in [-0.2, 0) is 4.74 Å². The lowest BCUT2D eigenvalue weighted by Gasteiger charge is -2.13. The first kappa shape index (κ1) is 12.1. The first-order chi connectivity index (χ1) is 9.11. The van der Waals surface area contributed by atoms with E-state index >= 15 is 0 Å². The average Bonchev–Trinajstić information content (AvgIpc) is 2.97. The summed E-state index contributed by atoms with van der Waals surface area (Å²) in [6.07, 6.45) is 0.946. The van der Waals surface area contributed by atoms with E-state index in [2.05, 4.69) is 9.97 Å². The fraction of sp³-hybridized carbons (Fsp3) is 0.500. The van der Waals surface area contributed by atoms with E-state index in [1.807, 2.05) is 0 Å². The summed E-state index contributed by atoms with van der Waals surface area (Å²) < 4.78 is 7.64. The minimum Gasteiger partial charge on any atom is -0.425 e. The van der Waals surface area contributed by atoms with Crippen LogP contribution in [0.5, 0.6) is 0 Å². The van der Waals surface area contributed by atoms with Crippen LogP contribution in [-0.4, -0.2) is 53.5 Å². The van der Waals surface area contributed by atoms with Crippen LogP contribution in [0.3, 0.4) is 0 Å². The molecule has 102 valence electrons. The van der Waals surface area contributed by atoms with Gasteiger partial charge in [0.2, 0.25) is 0 Å². The highest BCUT2D eigenvalue weighted by atomic mass is 16.5. The maximum atomic E-state index is 9.71. The molecule has 9 heteroatoms. The van der Waals surface area contributed by atoms with E-state index in [0.29, 0.717) is 16.8 Å². The summed E-state index contributed by atoms with van der Waals surface area (Å²) in [6, 6.07) is 0. The lowest BCUT2D eigenvalue weighted by Crippen LogP contribution is -2.24. The molecule has 0 radical (unpaired) electrons. The minimum absolute atomic E-state index is 0.180. The van der Waals surface area contributed by atoms with Gasteiger partial charge >= 0.3 is 0 Å². The van der Waals surface area contributed by atoms with Gasteiger partial charge in [-0.05, 0) is 0 Å². The van der Waals surface area contributed by atoms with Gasteiger partial charge < -0.3 is 20.2 Å². The summed E-state index contributed by atoms with van der Waals surface area (Å²) in [5, 5.41) is 35.7. The summed E-state index contributed by atoms with van der Waals surface area (Å²) in [4.78, 5) is 8.00. The molecule has 0 aliphatic carbocycles. The van der Waals surface area contributed by atoms with Gasteiger partial charge in [-0.2, -0.15) is 4.73 Å². The van der Waals surface area contributed by atoms with Crippen LogP contribution in [0.15, 0.2) is 12.7 Å². The van der Waals surface area contributed by atoms with E-state index in [1.54, 1.807) is 4.57 Å². The standard InChI is InChI=1S/C10H13N5O4/c11-9-8-10(13-4-15(9)18)14(3-12-8)7-1-5(17)6(2-16)19-7/h3-7,11,16-18H,1-2H2. The Morgan fingerprint density at radius 2 is 2.21 bits per heavy atom. The molecule has 3 atom stereocenters. The number of aliphatic hydroxyl groups excluding tert-OH is 2. The normalized spacial score (nSPS) is 27.2. The second kappa shape index (κ2) is 4.30. The van der Waals surface area contributed by atoms with E-state index in [1.165, 1.54) is 6.33 Å². The van der Waals surface area contributed by atoms with Crippen molar-refractivity contribution in [2.75, 3.05) is 6.61 Å². The summed E-state index contributed by atoms with van der Waals surface area (Å²) >= 11 is 0. The van der Waals surface area contributed by atoms with Crippen LogP contribution in [0.4, 0.5) is 0 Å². The van der Waals surface area contributed by atoms with Crippen molar-refractivity contribution in [3.05, 3.63) is 18.1 Å². The molecule has 19 heavy (non-hydrogen) atoms. The number of fused-ring (bicyclic) bond motifs is 1. The second-order valence-electron chi connectivity index (χ2n) is 4.38. The van der Waals surface area contributed by atoms with Gasteiger partial charge in [0, 0.05) is 6.42 Å². The Hall–Kier alpha value is -1.97.